The molecule has 2 aliphatic rings. The summed E-state index contributed by atoms with van der Waals surface area (Å²) < 4.78 is 5.91. The van der Waals surface area contributed by atoms with Gasteiger partial charge in [0.25, 0.3) is 5.91 Å². The molecule has 0 saturated carbocycles. The monoisotopic (exact) mass is 544 g/mol. The highest BCUT2D eigenvalue weighted by Gasteiger charge is 2.32. The lowest BCUT2D eigenvalue weighted by molar-refractivity contribution is 0.0955. The topological polar surface area (TPSA) is 113 Å². The third kappa shape index (κ3) is 5.48. The summed E-state index contributed by atoms with van der Waals surface area (Å²) in [6.07, 6.45) is 1.55. The molecule has 2 heterocycles. The number of methoxy groups -OCH3 is 1. The second kappa shape index (κ2) is 11.2. The number of hydrogen-bond acceptors (Lipinski definition) is 7. The van der Waals surface area contributed by atoms with E-state index in [0.29, 0.717) is 23.2 Å². The Bertz CT molecular complexity index is 1380. The molecule has 40 heavy (non-hydrogen) atoms. The number of hydrogen-bond donors (Lipinski definition) is 2. The number of carbonyl (C=O) groups is 2. The van der Waals surface area contributed by atoms with E-state index in [0.717, 1.165) is 54.2 Å². The van der Waals surface area contributed by atoms with Gasteiger partial charge in [-0.2, -0.15) is 5.26 Å². The molecular formula is C31H40N6O3. The average molecular weight is 545 g/mol. The number of amidine groups is 1. The van der Waals surface area contributed by atoms with Gasteiger partial charge in [0.1, 0.15) is 11.6 Å². The molecule has 2 N–H and O–H groups in total. The van der Waals surface area contributed by atoms with Crippen LogP contribution in [0.4, 0.5) is 11.4 Å². The fraction of sp³-hybridized carbons (Fsp3) is 0.484. The summed E-state index contributed by atoms with van der Waals surface area (Å²) in [6.45, 7) is 8.23. The van der Waals surface area contributed by atoms with E-state index in [1.54, 1.807) is 25.1 Å². The number of anilines is 2. The number of Topliss-reactive ketones (excluding diaryl/α,β-unsaturated/α-hetero) is 1. The van der Waals surface area contributed by atoms with Gasteiger partial charge in [-0.3, -0.25) is 15.0 Å². The van der Waals surface area contributed by atoms with Crippen molar-refractivity contribution < 1.29 is 14.3 Å². The lowest BCUT2D eigenvalue weighted by Crippen LogP contribution is -2.34. The lowest BCUT2D eigenvalue weighted by Gasteiger charge is -2.34. The number of amides is 1. The van der Waals surface area contributed by atoms with Gasteiger partial charge in [0.2, 0.25) is 0 Å². The molecule has 2 aromatic rings. The summed E-state index contributed by atoms with van der Waals surface area (Å²) in [7, 11) is 7.01. The molecule has 1 saturated heterocycles. The molecule has 0 bridgehead atoms. The summed E-state index contributed by atoms with van der Waals surface area (Å²) in [6, 6.07) is 9.90. The minimum atomic E-state index is -0.267. The van der Waals surface area contributed by atoms with Gasteiger partial charge in [-0.25, -0.2) is 0 Å². The highest BCUT2D eigenvalue weighted by Crippen LogP contribution is 2.41. The van der Waals surface area contributed by atoms with Crippen LogP contribution in [0, 0.1) is 22.7 Å². The molecule has 0 aromatic heterocycles. The fourth-order valence-electron chi connectivity index (χ4n) is 5.55. The van der Waals surface area contributed by atoms with Crippen LogP contribution in [0.1, 0.15) is 71.0 Å². The van der Waals surface area contributed by atoms with Gasteiger partial charge in [0.15, 0.2) is 5.78 Å². The minimum absolute atomic E-state index is 0.0476. The predicted octanol–water partition coefficient (Wildman–Crippen LogP) is 4.18. The summed E-state index contributed by atoms with van der Waals surface area (Å²) in [5.41, 5.74) is 4.99. The third-order valence-corrected chi connectivity index (χ3v) is 7.86. The van der Waals surface area contributed by atoms with E-state index in [1.807, 2.05) is 37.2 Å². The number of piperidine rings is 1. The van der Waals surface area contributed by atoms with Crippen LogP contribution in [-0.2, 0) is 12.0 Å². The van der Waals surface area contributed by atoms with Crippen molar-refractivity contribution in [3.8, 4) is 11.8 Å². The number of rotatable bonds is 7. The Morgan fingerprint density at radius 3 is 2.40 bits per heavy atom. The summed E-state index contributed by atoms with van der Waals surface area (Å²) in [5, 5.41) is 20.9. The predicted molar refractivity (Wildman–Crippen MR) is 158 cm³/mol. The molecular weight excluding hydrogens is 504 g/mol. The number of ether oxygens (including phenoxy) is 1. The minimum Gasteiger partial charge on any atom is -0.494 e. The van der Waals surface area contributed by atoms with E-state index in [2.05, 4.69) is 37.1 Å². The maximum absolute atomic E-state index is 13.8. The number of nitriles is 1. The van der Waals surface area contributed by atoms with Gasteiger partial charge in [0, 0.05) is 69.1 Å². The molecule has 0 aliphatic carbocycles. The summed E-state index contributed by atoms with van der Waals surface area (Å²) in [5.74, 6) is 0.751. The van der Waals surface area contributed by atoms with Gasteiger partial charge < -0.3 is 24.8 Å². The van der Waals surface area contributed by atoms with Crippen LogP contribution >= 0.6 is 0 Å². The first-order valence-corrected chi connectivity index (χ1v) is 13.7. The maximum atomic E-state index is 13.8. The van der Waals surface area contributed by atoms with E-state index >= 15 is 0 Å². The van der Waals surface area contributed by atoms with Crippen LogP contribution in [0.15, 0.2) is 24.3 Å². The Balaban J connectivity index is 1.66. The molecule has 9 nitrogen and oxygen atoms in total. The van der Waals surface area contributed by atoms with Crippen molar-refractivity contribution in [2.75, 3.05) is 57.7 Å². The second-order valence-corrected chi connectivity index (χ2v) is 11.8. The van der Waals surface area contributed by atoms with Crippen molar-refractivity contribution in [1.29, 1.82) is 10.7 Å². The highest BCUT2D eigenvalue weighted by molar-refractivity contribution is 6.08. The van der Waals surface area contributed by atoms with E-state index in [9.17, 15) is 14.9 Å². The molecule has 4 rings (SSSR count). The molecule has 0 radical (unpaired) electrons. The molecule has 0 spiro atoms. The molecule has 0 atom stereocenters. The zero-order valence-corrected chi connectivity index (χ0v) is 24.6. The quantitative estimate of drug-likeness (QED) is 0.503. The third-order valence-electron chi connectivity index (χ3n) is 7.86. The first-order valence-electron chi connectivity index (χ1n) is 13.7. The molecule has 1 amide bonds. The molecule has 2 aromatic carbocycles. The second-order valence-electron chi connectivity index (χ2n) is 11.8. The first kappa shape index (κ1) is 28.9. The number of carbonyl (C=O) groups excluding carboxylic acids is 2. The lowest BCUT2D eigenvalue weighted by atomic mass is 9.84. The maximum Gasteiger partial charge on any atom is 0.253 e. The fourth-order valence-corrected chi connectivity index (χ4v) is 5.55. The molecule has 212 valence electrons. The van der Waals surface area contributed by atoms with Gasteiger partial charge in [-0.1, -0.05) is 20.8 Å². The van der Waals surface area contributed by atoms with Crippen LogP contribution in [0.2, 0.25) is 0 Å². The summed E-state index contributed by atoms with van der Waals surface area (Å²) in [4.78, 5) is 32.2. The normalized spacial score (nSPS) is 15.5. The van der Waals surface area contributed by atoms with Crippen LogP contribution in [0.3, 0.4) is 0 Å². The zero-order valence-electron chi connectivity index (χ0n) is 24.6. The smallest absolute Gasteiger partial charge is 0.253 e. The van der Waals surface area contributed by atoms with Crippen molar-refractivity contribution in [3.05, 3.63) is 52.1 Å². The van der Waals surface area contributed by atoms with E-state index in [-0.39, 0.29) is 35.4 Å². The Kier molecular flexibility index (Phi) is 8.10. The van der Waals surface area contributed by atoms with Crippen molar-refractivity contribution >= 4 is 28.9 Å². The largest absolute Gasteiger partial charge is 0.494 e. The molecule has 9 heteroatoms. The molecule has 2 aliphatic heterocycles. The van der Waals surface area contributed by atoms with Crippen LogP contribution in [0.25, 0.3) is 0 Å². The Morgan fingerprint density at radius 2 is 1.85 bits per heavy atom. The van der Waals surface area contributed by atoms with Crippen LogP contribution < -0.4 is 19.9 Å². The zero-order chi connectivity index (χ0) is 29.4. The average Bonchev–Trinajstić information content (AvgIpc) is 3.24. The molecule has 0 unspecified atom stereocenters. The number of ketones is 1. The van der Waals surface area contributed by atoms with E-state index in [1.165, 1.54) is 0 Å². The van der Waals surface area contributed by atoms with Gasteiger partial charge in [-0.05, 0) is 48.1 Å². The van der Waals surface area contributed by atoms with Crippen LogP contribution in [0.5, 0.6) is 5.75 Å². The number of benzene rings is 2. The van der Waals surface area contributed by atoms with E-state index in [4.69, 9.17) is 10.1 Å². The van der Waals surface area contributed by atoms with Crippen LogP contribution in [-0.4, -0.2) is 70.3 Å². The van der Waals surface area contributed by atoms with Gasteiger partial charge >= 0.3 is 0 Å². The Morgan fingerprint density at radius 1 is 1.18 bits per heavy atom. The van der Waals surface area contributed by atoms with Gasteiger partial charge in [0.05, 0.1) is 31.0 Å². The van der Waals surface area contributed by atoms with Gasteiger partial charge in [-0.15, -0.1) is 0 Å². The highest BCUT2D eigenvalue weighted by atomic mass is 16.5. The summed E-state index contributed by atoms with van der Waals surface area (Å²) >= 11 is 0. The number of nitrogens with zero attached hydrogens (tertiary/aromatic N) is 4. The standard InChI is InChI=1S/C31H40N6O3/c1-31(2,3)24-12-20(13-26(28(24)40-7)36-10-8-19(16-32)9-11-36)27(38)18-37-17-21-14-25(35(5)6)23(30(39)34-4)15-22(21)29(37)33/h12-15,19,33H,8-11,17-18H2,1-7H3,(H,34,39). The SMILES string of the molecule is CNC(=O)c1cc2c(cc1N(C)C)CN(CC(=O)c1cc(N3CCC(C#N)CC3)c(OC)c(C(C)(C)C)c1)C2=N. The Labute approximate surface area is 237 Å². The number of fused-ring (bicyclic) bond motifs is 1. The molecule has 1 fully saturated rings. The van der Waals surface area contributed by atoms with Crippen molar-refractivity contribution in [2.24, 2.45) is 5.92 Å². The van der Waals surface area contributed by atoms with Crippen molar-refractivity contribution in [1.82, 2.24) is 10.2 Å². The van der Waals surface area contributed by atoms with Crippen molar-refractivity contribution in [3.63, 3.8) is 0 Å². The number of nitrogens with one attached hydrogen (secondary N) is 2. The first-order chi connectivity index (χ1) is 18.9. The van der Waals surface area contributed by atoms with Crippen molar-refractivity contribution in [2.45, 2.75) is 45.6 Å². The Hall–Kier alpha value is -4.06. The van der Waals surface area contributed by atoms with E-state index < -0.39 is 0 Å².